The first-order valence-corrected chi connectivity index (χ1v) is 10.8. The summed E-state index contributed by atoms with van der Waals surface area (Å²) in [5, 5.41) is 12.8. The highest BCUT2D eigenvalue weighted by atomic mass is 35.5. The summed E-state index contributed by atoms with van der Waals surface area (Å²) in [6.45, 7) is 0.397. The van der Waals surface area contributed by atoms with E-state index in [4.69, 9.17) is 27.9 Å². The van der Waals surface area contributed by atoms with Crippen LogP contribution in [0.15, 0.2) is 47.3 Å². The molecule has 0 aliphatic rings. The molecule has 0 aliphatic heterocycles. The molecule has 1 aromatic heterocycles. The third-order valence-corrected chi connectivity index (χ3v) is 6.26. The van der Waals surface area contributed by atoms with E-state index in [9.17, 15) is 19.2 Å². The quantitative estimate of drug-likeness (QED) is 0.537. The Morgan fingerprint density at radius 1 is 1.28 bits per heavy atom. The predicted octanol–water partition coefficient (Wildman–Crippen LogP) is 2.61. The zero-order chi connectivity index (χ0) is 23.3. The number of aromatic nitrogens is 1. The molecule has 1 heterocycles. The van der Waals surface area contributed by atoms with Gasteiger partial charge in [0.25, 0.3) is 11.5 Å². The first kappa shape index (κ1) is 23.7. The third kappa shape index (κ3) is 4.92. The molecule has 0 atom stereocenters. The van der Waals surface area contributed by atoms with E-state index >= 15 is 0 Å². The summed E-state index contributed by atoms with van der Waals surface area (Å²) in [4.78, 5) is 25.9. The van der Waals surface area contributed by atoms with Gasteiger partial charge in [-0.1, -0.05) is 47.5 Å². The monoisotopic (exact) mass is 491 g/mol. The molecule has 0 fully saturated rings. The van der Waals surface area contributed by atoms with Crippen molar-refractivity contribution in [2.45, 2.75) is 0 Å². The summed E-state index contributed by atoms with van der Waals surface area (Å²) < 4.78 is 20.6. The molecule has 0 saturated carbocycles. The summed E-state index contributed by atoms with van der Waals surface area (Å²) in [7, 11) is 1.47. The average Bonchev–Trinajstić information content (AvgIpc) is 3.08. The Kier molecular flexibility index (Phi) is 7.83. The molecule has 6 nitrogen and oxygen atoms in total. The number of amides is 1. The molecule has 164 valence electrons. The number of nitrogens with one attached hydrogen (secondary N) is 1. The predicted molar refractivity (Wildman–Crippen MR) is 123 cm³/mol. The Balaban J connectivity index is 2.35. The van der Waals surface area contributed by atoms with Crippen LogP contribution in [0.1, 0.15) is 5.56 Å². The van der Waals surface area contributed by atoms with Gasteiger partial charge >= 0.3 is 0 Å². The third-order valence-electron chi connectivity index (χ3n) is 4.33. The van der Waals surface area contributed by atoms with Crippen LogP contribution in [0.25, 0.3) is 17.3 Å². The number of rotatable bonds is 6. The number of carbonyl (C=O) groups is 1. The first-order chi connectivity index (χ1) is 15.4. The fourth-order valence-corrected chi connectivity index (χ4v) is 4.27. The van der Waals surface area contributed by atoms with Gasteiger partial charge in [-0.2, -0.15) is 5.26 Å². The van der Waals surface area contributed by atoms with Crippen molar-refractivity contribution in [1.82, 2.24) is 9.88 Å². The van der Waals surface area contributed by atoms with Crippen LogP contribution in [0.5, 0.6) is 0 Å². The number of carbonyl (C=O) groups excluding carboxylic acids is 1. The molecule has 0 radical (unpaired) electrons. The second-order valence-corrected chi connectivity index (χ2v) is 8.20. The van der Waals surface area contributed by atoms with E-state index in [0.717, 1.165) is 15.9 Å². The van der Waals surface area contributed by atoms with Gasteiger partial charge in [-0.05, 0) is 29.8 Å². The molecule has 3 rings (SSSR count). The van der Waals surface area contributed by atoms with E-state index < -0.39 is 17.3 Å². The van der Waals surface area contributed by atoms with E-state index in [1.807, 2.05) is 6.07 Å². The highest BCUT2D eigenvalue weighted by Crippen LogP contribution is 2.25. The minimum absolute atomic E-state index is 0.0121. The van der Waals surface area contributed by atoms with Gasteiger partial charge in [-0.15, -0.1) is 11.3 Å². The van der Waals surface area contributed by atoms with E-state index in [1.54, 1.807) is 24.3 Å². The minimum Gasteiger partial charge on any atom is -0.383 e. The second kappa shape index (κ2) is 10.6. The van der Waals surface area contributed by atoms with Crippen LogP contribution < -0.4 is 20.1 Å². The number of hydrogen-bond donors (Lipinski definition) is 1. The molecule has 10 heteroatoms. The average molecular weight is 492 g/mol. The van der Waals surface area contributed by atoms with Crippen LogP contribution in [0.2, 0.25) is 10.0 Å². The Labute approximate surface area is 196 Å². The maximum Gasteiger partial charge on any atom is 0.273 e. The van der Waals surface area contributed by atoms with Gasteiger partial charge < -0.3 is 10.1 Å². The number of nitriles is 1. The molecule has 0 saturated heterocycles. The summed E-state index contributed by atoms with van der Waals surface area (Å²) in [5.74, 6) is -1.39. The van der Waals surface area contributed by atoms with E-state index in [0.29, 0.717) is 10.6 Å². The van der Waals surface area contributed by atoms with Gasteiger partial charge in [-0.3, -0.25) is 14.2 Å². The summed E-state index contributed by atoms with van der Waals surface area (Å²) in [6.07, 6.45) is 1.49. The second-order valence-electron chi connectivity index (χ2n) is 6.39. The zero-order valence-electron chi connectivity index (χ0n) is 16.7. The number of benzene rings is 2. The lowest BCUT2D eigenvalue weighted by atomic mass is 10.2. The number of methoxy groups -OCH3 is 1. The highest BCUT2D eigenvalue weighted by Gasteiger charge is 2.18. The fraction of sp³-hybridized carbons (Fsp3) is 0.136. The lowest BCUT2D eigenvalue weighted by Crippen LogP contribution is -2.35. The van der Waals surface area contributed by atoms with E-state index in [-0.39, 0.29) is 38.6 Å². The number of ether oxygens (including phenoxy) is 1. The Bertz CT molecular complexity index is 1390. The number of hydrogen-bond acceptors (Lipinski definition) is 5. The van der Waals surface area contributed by atoms with Gasteiger partial charge in [0.2, 0.25) is 0 Å². The number of thiazole rings is 1. The van der Waals surface area contributed by atoms with Crippen molar-refractivity contribution in [1.29, 1.82) is 5.26 Å². The van der Waals surface area contributed by atoms with Crippen LogP contribution in [0.4, 0.5) is 4.39 Å². The van der Waals surface area contributed by atoms with Crippen molar-refractivity contribution in [3.8, 4) is 11.8 Å². The van der Waals surface area contributed by atoms with Crippen LogP contribution in [0, 0.1) is 17.1 Å². The normalized spacial score (nSPS) is 12.4. The van der Waals surface area contributed by atoms with E-state index in [1.165, 1.54) is 31.4 Å². The minimum atomic E-state index is -0.705. The molecule has 0 spiro atoms. The maximum atomic E-state index is 14.6. The van der Waals surface area contributed by atoms with Gasteiger partial charge in [0.15, 0.2) is 5.57 Å². The molecule has 0 aliphatic carbocycles. The van der Waals surface area contributed by atoms with Crippen molar-refractivity contribution < 1.29 is 13.9 Å². The van der Waals surface area contributed by atoms with Crippen molar-refractivity contribution in [3.63, 3.8) is 0 Å². The van der Waals surface area contributed by atoms with Gasteiger partial charge in [0, 0.05) is 13.7 Å². The molecule has 32 heavy (non-hydrogen) atoms. The molecule has 1 amide bonds. The number of nitrogens with zero attached hydrogens (tertiary/aromatic N) is 2. The summed E-state index contributed by atoms with van der Waals surface area (Å²) in [6, 6.07) is 12.4. The molecule has 1 N–H and O–H groups in total. The molecule has 3 aromatic rings. The standard InChI is InChI=1S/C22H16Cl2FN3O3S/c1-31-10-9-27-20(29)14(12-26)22-28(17-8-3-2-7-16(17)25)21(30)18(32-22)11-13-5-4-6-15(23)19(13)24/h2-8,11H,9-10H2,1H3,(H,27,29)/b18-11-,22-14-. The molecular weight excluding hydrogens is 476 g/mol. The van der Waals surface area contributed by atoms with Gasteiger partial charge in [0.1, 0.15) is 16.5 Å². The zero-order valence-corrected chi connectivity index (χ0v) is 19.0. The van der Waals surface area contributed by atoms with Crippen LogP contribution >= 0.6 is 34.5 Å². The highest BCUT2D eigenvalue weighted by molar-refractivity contribution is 7.07. The largest absolute Gasteiger partial charge is 0.383 e. The summed E-state index contributed by atoms with van der Waals surface area (Å²) in [5.41, 5.74) is -0.558. The smallest absolute Gasteiger partial charge is 0.273 e. The molecule has 0 unspecified atom stereocenters. The summed E-state index contributed by atoms with van der Waals surface area (Å²) >= 11 is 13.2. The van der Waals surface area contributed by atoms with Crippen molar-refractivity contribution in [2.75, 3.05) is 20.3 Å². The lowest BCUT2D eigenvalue weighted by molar-refractivity contribution is -0.115. The Hall–Kier alpha value is -2.96. The first-order valence-electron chi connectivity index (χ1n) is 9.23. The van der Waals surface area contributed by atoms with Crippen LogP contribution in [-0.4, -0.2) is 30.7 Å². The van der Waals surface area contributed by atoms with Crippen molar-refractivity contribution >= 4 is 52.1 Å². The van der Waals surface area contributed by atoms with E-state index in [2.05, 4.69) is 5.32 Å². The van der Waals surface area contributed by atoms with Crippen LogP contribution in [-0.2, 0) is 9.53 Å². The fourth-order valence-electron chi connectivity index (χ4n) is 2.83. The SMILES string of the molecule is COCCNC(=O)/C(C#N)=c1\s/c(=C\c2cccc(Cl)c2Cl)c(=O)n1-c1ccccc1F. The lowest BCUT2D eigenvalue weighted by Gasteiger charge is -2.06. The Morgan fingerprint density at radius 3 is 2.72 bits per heavy atom. The maximum absolute atomic E-state index is 14.6. The van der Waals surface area contributed by atoms with Crippen molar-refractivity contribution in [2.24, 2.45) is 0 Å². The molecule has 0 bridgehead atoms. The molecule has 2 aromatic carbocycles. The van der Waals surface area contributed by atoms with Gasteiger partial charge in [-0.25, -0.2) is 4.39 Å². The Morgan fingerprint density at radius 2 is 2.03 bits per heavy atom. The van der Waals surface area contributed by atoms with Gasteiger partial charge in [0.05, 0.1) is 26.9 Å². The topological polar surface area (TPSA) is 84.1 Å². The number of para-hydroxylation sites is 1. The number of halogens is 3. The van der Waals surface area contributed by atoms with Crippen molar-refractivity contribution in [3.05, 3.63) is 83.4 Å². The van der Waals surface area contributed by atoms with Crippen LogP contribution in [0.3, 0.4) is 0 Å². The molecular formula is C22H16Cl2FN3O3S.